The van der Waals surface area contributed by atoms with E-state index >= 15 is 4.79 Å². The number of hydrogen-bond acceptors (Lipinski definition) is 11. The third kappa shape index (κ3) is 6.11. The van der Waals surface area contributed by atoms with Crippen molar-refractivity contribution in [2.24, 2.45) is 25.6 Å². The van der Waals surface area contributed by atoms with Crippen molar-refractivity contribution in [1.82, 2.24) is 38.2 Å². The van der Waals surface area contributed by atoms with E-state index in [9.17, 15) is 0 Å². The first-order chi connectivity index (χ1) is 30.1. The lowest BCUT2D eigenvalue weighted by atomic mass is 9.94. The van der Waals surface area contributed by atoms with Gasteiger partial charge in [-0.15, -0.1) is 0 Å². The predicted molar refractivity (Wildman–Crippen MR) is 246 cm³/mol. The van der Waals surface area contributed by atoms with E-state index in [1.807, 2.05) is 50.8 Å². The fraction of sp³-hybridized carbons (Fsp3) is 0.383. The van der Waals surface area contributed by atoms with Crippen molar-refractivity contribution in [2.75, 3.05) is 50.2 Å². The van der Waals surface area contributed by atoms with E-state index in [1.54, 1.807) is 14.2 Å². The molecular formula is C47H54N12O3. The van der Waals surface area contributed by atoms with Crippen LogP contribution in [0.1, 0.15) is 55.5 Å². The maximum Gasteiger partial charge on any atom is 0.197 e. The van der Waals surface area contributed by atoms with Gasteiger partial charge >= 0.3 is 0 Å². The van der Waals surface area contributed by atoms with E-state index in [2.05, 4.69) is 76.1 Å². The van der Waals surface area contributed by atoms with Gasteiger partial charge in [0.15, 0.2) is 17.4 Å². The number of aromatic nitrogens is 8. The molecule has 2 aliphatic rings. The molecule has 15 heteroatoms. The molecule has 10 rings (SSSR count). The molecule has 8 aromatic rings. The van der Waals surface area contributed by atoms with E-state index in [-0.39, 0.29) is 17.9 Å². The molecule has 0 saturated carbocycles. The highest BCUT2D eigenvalue weighted by molar-refractivity contribution is 6.22. The number of pyridine rings is 2. The second kappa shape index (κ2) is 15.5. The first kappa shape index (κ1) is 39.7. The van der Waals surface area contributed by atoms with E-state index in [1.165, 1.54) is 0 Å². The van der Waals surface area contributed by atoms with E-state index in [0.29, 0.717) is 46.7 Å². The van der Waals surface area contributed by atoms with Crippen molar-refractivity contribution in [3.05, 3.63) is 72.1 Å². The second-order valence-electron chi connectivity index (χ2n) is 16.7. The summed E-state index contributed by atoms with van der Waals surface area (Å²) in [5, 5.41) is 0. The number of methoxy groups -OCH3 is 2. The Kier molecular flexibility index (Phi) is 9.90. The van der Waals surface area contributed by atoms with Gasteiger partial charge in [0.25, 0.3) is 0 Å². The Morgan fingerprint density at radius 3 is 1.52 bits per heavy atom. The molecule has 8 heterocycles. The van der Waals surface area contributed by atoms with Crippen LogP contribution in [0.2, 0.25) is 0 Å². The lowest BCUT2D eigenvalue weighted by Crippen LogP contribution is -2.44. The Labute approximate surface area is 359 Å². The van der Waals surface area contributed by atoms with E-state index in [0.717, 1.165) is 119 Å². The molecule has 6 aromatic heterocycles. The molecule has 0 radical (unpaired) electrons. The van der Waals surface area contributed by atoms with Gasteiger partial charge in [-0.3, -0.25) is 14.8 Å². The van der Waals surface area contributed by atoms with Crippen LogP contribution in [-0.2, 0) is 27.2 Å². The number of rotatable bonds is 10. The zero-order valence-corrected chi connectivity index (χ0v) is 36.4. The highest BCUT2D eigenvalue weighted by Gasteiger charge is 2.35. The summed E-state index contributed by atoms with van der Waals surface area (Å²) in [6.07, 6.45) is 7.19. The van der Waals surface area contributed by atoms with Gasteiger partial charge in [0.2, 0.25) is 0 Å². The third-order valence-electron chi connectivity index (χ3n) is 13.1. The number of fused-ring (bicyclic) bond motifs is 4. The highest BCUT2D eigenvalue weighted by Crippen LogP contribution is 2.46. The summed E-state index contributed by atoms with van der Waals surface area (Å²) in [5.41, 5.74) is 24.5. The molecule has 0 bridgehead atoms. The predicted octanol–water partition coefficient (Wildman–Crippen LogP) is 6.64. The number of piperidine rings is 2. The van der Waals surface area contributed by atoms with Crippen molar-refractivity contribution in [3.8, 4) is 34.5 Å². The smallest absolute Gasteiger partial charge is 0.197 e. The van der Waals surface area contributed by atoms with Crippen LogP contribution in [0.4, 0.5) is 11.4 Å². The van der Waals surface area contributed by atoms with Gasteiger partial charge in [-0.05, 0) is 88.1 Å². The minimum Gasteiger partial charge on any atom is -0.494 e. The van der Waals surface area contributed by atoms with Crippen LogP contribution in [-0.4, -0.2) is 96.5 Å². The van der Waals surface area contributed by atoms with Crippen LogP contribution in [0, 0.1) is 0 Å². The molecule has 15 nitrogen and oxygen atoms in total. The Hall–Kier alpha value is -6.45. The lowest BCUT2D eigenvalue weighted by Gasteiger charge is -2.35. The number of anilines is 2. The van der Waals surface area contributed by atoms with Gasteiger partial charge < -0.3 is 49.0 Å². The van der Waals surface area contributed by atoms with Gasteiger partial charge in [-0.2, -0.15) is 0 Å². The van der Waals surface area contributed by atoms with Gasteiger partial charge in [0.1, 0.15) is 33.6 Å². The quantitative estimate of drug-likeness (QED) is 0.142. The lowest BCUT2D eigenvalue weighted by molar-refractivity contribution is 0.103. The molecule has 0 amide bonds. The molecular weight excluding hydrogens is 781 g/mol. The Balaban J connectivity index is 1.24. The zero-order chi connectivity index (χ0) is 43.0. The molecule has 2 aliphatic heterocycles. The van der Waals surface area contributed by atoms with E-state index < -0.39 is 0 Å². The molecule has 2 aromatic carbocycles. The minimum absolute atomic E-state index is 0.0663. The third-order valence-corrected chi connectivity index (χ3v) is 13.1. The van der Waals surface area contributed by atoms with Crippen LogP contribution in [0.25, 0.3) is 67.2 Å². The average Bonchev–Trinajstić information content (AvgIpc) is 4.04. The first-order valence-electron chi connectivity index (χ1n) is 21.7. The average molecular weight is 835 g/mol. The zero-order valence-electron chi connectivity index (χ0n) is 36.4. The molecule has 2 saturated heterocycles. The summed E-state index contributed by atoms with van der Waals surface area (Å²) in [7, 11) is 7.31. The van der Waals surface area contributed by atoms with Crippen LogP contribution in [0.3, 0.4) is 0 Å². The Morgan fingerprint density at radius 2 is 1.13 bits per heavy atom. The topological polar surface area (TPSA) is 165 Å². The van der Waals surface area contributed by atoms with Gasteiger partial charge in [-0.25, -0.2) is 9.97 Å². The van der Waals surface area contributed by atoms with Crippen LogP contribution in [0.5, 0.6) is 11.5 Å². The maximum absolute atomic E-state index is 16.0. The number of nitrogens with two attached hydrogens (primary N) is 2. The van der Waals surface area contributed by atoms with Crippen molar-refractivity contribution >= 4 is 61.3 Å². The fourth-order valence-corrected chi connectivity index (χ4v) is 10.2. The summed E-state index contributed by atoms with van der Waals surface area (Å²) in [6.45, 7) is 8.30. The molecule has 0 spiro atoms. The van der Waals surface area contributed by atoms with Crippen molar-refractivity contribution in [2.45, 2.75) is 64.7 Å². The first-order valence-corrected chi connectivity index (χ1v) is 21.7. The van der Waals surface area contributed by atoms with Crippen LogP contribution in [0.15, 0.2) is 60.9 Å². The molecule has 62 heavy (non-hydrogen) atoms. The number of imidazole rings is 2. The summed E-state index contributed by atoms with van der Waals surface area (Å²) < 4.78 is 21.0. The number of carbonyl (C=O) groups excluding carboxylic acids is 1. The van der Waals surface area contributed by atoms with Gasteiger partial charge in [-0.1, -0.05) is 0 Å². The van der Waals surface area contributed by atoms with E-state index in [4.69, 9.17) is 30.9 Å². The molecule has 0 unspecified atom stereocenters. The monoisotopic (exact) mass is 834 g/mol. The molecule has 2 atom stereocenters. The molecule has 0 aliphatic carbocycles. The summed E-state index contributed by atoms with van der Waals surface area (Å²) >= 11 is 0. The molecule has 4 N–H and O–H groups in total. The van der Waals surface area contributed by atoms with Crippen molar-refractivity contribution in [1.29, 1.82) is 0 Å². The Morgan fingerprint density at radius 1 is 0.694 bits per heavy atom. The number of hydrogen-bond donors (Lipinski definition) is 2. The molecule has 2 fully saturated rings. The minimum atomic E-state index is -0.188. The normalized spacial score (nSPS) is 17.3. The number of nitrogens with zero attached hydrogens (tertiary/aromatic N) is 10. The number of ketones is 1. The number of aryl methyl sites for hydroxylation is 4. The van der Waals surface area contributed by atoms with Crippen molar-refractivity contribution in [3.63, 3.8) is 0 Å². The number of carbonyl (C=O) groups is 1. The summed E-state index contributed by atoms with van der Waals surface area (Å²) in [6, 6.07) is 15.9. The van der Waals surface area contributed by atoms with Gasteiger partial charge in [0, 0.05) is 77.8 Å². The summed E-state index contributed by atoms with van der Waals surface area (Å²) in [4.78, 5) is 40.7. The SMILES string of the molecule is CCn1c(-c2nc3c(N4CCC[C@@H](N)C4)c(C(=O)c4cc(OC)c5c(nc(-c6cc7ncccc7n6CC)n5C)c4N4CCC[C@@H](N)C4)cc(OC)c3n2C)cc2ncccc21. The summed E-state index contributed by atoms with van der Waals surface area (Å²) in [5.74, 6) is 2.39. The Bertz CT molecular complexity index is 2840. The largest absolute Gasteiger partial charge is 0.494 e. The van der Waals surface area contributed by atoms with Crippen molar-refractivity contribution < 1.29 is 14.3 Å². The second-order valence-corrected chi connectivity index (χ2v) is 16.7. The standard InChI is InChI=1S/C47H54N12O3/c1-7-58-33-15-9-17-50-31(33)23-35(58)46-52-39-41(56-19-11-13-27(48)25-56)29(21-37(61-5)43(39)54(46)3)45(60)30-22-38(62-6)44-40(42(30)57-20-12-14-28(49)26-57)53-47(55(44)4)36-24-32-34(59(36)8-2)16-10-18-51-32/h9-10,15-18,21-24,27-28H,7-8,11-14,19-20,25-26,48-49H2,1-6H3/t27-,28-/m1/s1. The van der Waals surface area contributed by atoms with Gasteiger partial charge in [0.05, 0.1) is 70.2 Å². The molecule has 320 valence electrons. The van der Waals surface area contributed by atoms with Crippen LogP contribution >= 0.6 is 0 Å². The highest BCUT2D eigenvalue weighted by atomic mass is 16.5. The number of benzene rings is 2. The van der Waals surface area contributed by atoms with Crippen LogP contribution < -0.4 is 30.7 Å². The number of ether oxygens (including phenoxy) is 2. The maximum atomic E-state index is 16.0. The fourth-order valence-electron chi connectivity index (χ4n) is 10.2.